The molecule has 6 heteroatoms. The van der Waals surface area contributed by atoms with Crippen molar-refractivity contribution in [2.75, 3.05) is 18.4 Å². The van der Waals surface area contributed by atoms with Gasteiger partial charge in [-0.3, -0.25) is 4.79 Å². The van der Waals surface area contributed by atoms with Crippen LogP contribution in [0.25, 0.3) is 0 Å². The molecule has 0 radical (unpaired) electrons. The maximum absolute atomic E-state index is 13.2. The fourth-order valence-electron chi connectivity index (χ4n) is 3.62. The van der Waals surface area contributed by atoms with Crippen molar-refractivity contribution < 1.29 is 13.2 Å². The Morgan fingerprint density at radius 2 is 1.79 bits per heavy atom. The van der Waals surface area contributed by atoms with Crippen LogP contribution in [-0.2, 0) is 27.7 Å². The Labute approximate surface area is 167 Å². The van der Waals surface area contributed by atoms with Gasteiger partial charge in [0, 0.05) is 12.2 Å². The first-order valence-electron chi connectivity index (χ1n) is 9.89. The van der Waals surface area contributed by atoms with E-state index in [-0.39, 0.29) is 17.3 Å². The van der Waals surface area contributed by atoms with Crippen LogP contribution in [0.5, 0.6) is 0 Å². The van der Waals surface area contributed by atoms with Crippen LogP contribution in [0.4, 0.5) is 5.69 Å². The van der Waals surface area contributed by atoms with Gasteiger partial charge in [0.25, 0.3) is 0 Å². The van der Waals surface area contributed by atoms with Gasteiger partial charge in [-0.25, -0.2) is 8.42 Å². The first-order valence-corrected chi connectivity index (χ1v) is 11.3. The third-order valence-electron chi connectivity index (χ3n) is 5.17. The SMILES string of the molecule is CCCN(CC(=O)Nc1ccccc1C)S(=O)(=O)c1ccc2c(c1)CCCC2. The summed E-state index contributed by atoms with van der Waals surface area (Å²) in [5.41, 5.74) is 4.00. The molecule has 0 aliphatic heterocycles. The van der Waals surface area contributed by atoms with Crippen LogP contribution in [0, 0.1) is 6.92 Å². The first kappa shape index (κ1) is 20.6. The van der Waals surface area contributed by atoms with E-state index in [1.165, 1.54) is 9.87 Å². The number of nitrogens with zero attached hydrogens (tertiary/aromatic N) is 1. The third kappa shape index (κ3) is 4.62. The molecule has 0 fully saturated rings. The molecule has 0 aromatic heterocycles. The molecule has 0 spiro atoms. The normalized spacial score (nSPS) is 14.0. The summed E-state index contributed by atoms with van der Waals surface area (Å²) in [4.78, 5) is 12.8. The molecule has 1 N–H and O–H groups in total. The van der Waals surface area contributed by atoms with Crippen LogP contribution in [-0.4, -0.2) is 31.7 Å². The number of aryl methyl sites for hydroxylation is 3. The maximum Gasteiger partial charge on any atom is 0.243 e. The van der Waals surface area contributed by atoms with Gasteiger partial charge in [0.2, 0.25) is 15.9 Å². The number of nitrogens with one attached hydrogen (secondary N) is 1. The Bertz CT molecular complexity index is 954. The molecule has 0 atom stereocenters. The summed E-state index contributed by atoms with van der Waals surface area (Å²) in [6.07, 6.45) is 4.81. The highest BCUT2D eigenvalue weighted by atomic mass is 32.2. The van der Waals surface area contributed by atoms with Gasteiger partial charge >= 0.3 is 0 Å². The molecule has 1 aliphatic rings. The highest BCUT2D eigenvalue weighted by Crippen LogP contribution is 2.26. The Balaban J connectivity index is 1.80. The summed E-state index contributed by atoms with van der Waals surface area (Å²) >= 11 is 0. The minimum absolute atomic E-state index is 0.193. The Morgan fingerprint density at radius 3 is 2.50 bits per heavy atom. The van der Waals surface area contributed by atoms with Crippen molar-refractivity contribution >= 4 is 21.6 Å². The number of rotatable bonds is 7. The highest BCUT2D eigenvalue weighted by Gasteiger charge is 2.27. The number of fused-ring (bicyclic) bond motifs is 1. The number of hydrogen-bond acceptors (Lipinski definition) is 3. The van der Waals surface area contributed by atoms with Crippen LogP contribution in [0.15, 0.2) is 47.4 Å². The van der Waals surface area contributed by atoms with Gasteiger partial charge in [0.05, 0.1) is 11.4 Å². The van der Waals surface area contributed by atoms with Crippen LogP contribution >= 0.6 is 0 Å². The zero-order chi connectivity index (χ0) is 20.1. The zero-order valence-corrected chi connectivity index (χ0v) is 17.4. The van der Waals surface area contributed by atoms with Gasteiger partial charge in [0.1, 0.15) is 0 Å². The van der Waals surface area contributed by atoms with Crippen molar-refractivity contribution in [2.24, 2.45) is 0 Å². The largest absolute Gasteiger partial charge is 0.325 e. The van der Waals surface area contributed by atoms with Crippen molar-refractivity contribution in [3.63, 3.8) is 0 Å². The van der Waals surface area contributed by atoms with E-state index >= 15 is 0 Å². The first-order chi connectivity index (χ1) is 13.4. The second-order valence-electron chi connectivity index (χ2n) is 7.34. The number of amides is 1. The lowest BCUT2D eigenvalue weighted by Crippen LogP contribution is -2.38. The summed E-state index contributed by atoms with van der Waals surface area (Å²) < 4.78 is 27.7. The van der Waals surface area contributed by atoms with E-state index in [2.05, 4.69) is 5.32 Å². The molecule has 0 saturated heterocycles. The number of carbonyl (C=O) groups excluding carboxylic acids is 1. The van der Waals surface area contributed by atoms with E-state index in [0.29, 0.717) is 18.7 Å². The molecular weight excluding hydrogens is 372 g/mol. The fraction of sp³-hybridized carbons (Fsp3) is 0.409. The van der Waals surface area contributed by atoms with Gasteiger partial charge in [-0.1, -0.05) is 31.2 Å². The van der Waals surface area contributed by atoms with Crippen molar-refractivity contribution in [1.29, 1.82) is 0 Å². The monoisotopic (exact) mass is 400 g/mol. The van der Waals surface area contributed by atoms with Crippen LogP contribution in [0.3, 0.4) is 0 Å². The second-order valence-corrected chi connectivity index (χ2v) is 9.28. The predicted molar refractivity (Wildman–Crippen MR) is 112 cm³/mol. The minimum atomic E-state index is -3.72. The lowest BCUT2D eigenvalue weighted by molar-refractivity contribution is -0.116. The fourth-order valence-corrected chi connectivity index (χ4v) is 5.16. The van der Waals surface area contributed by atoms with Crippen LogP contribution in [0.2, 0.25) is 0 Å². The maximum atomic E-state index is 13.2. The number of benzene rings is 2. The van der Waals surface area contributed by atoms with E-state index < -0.39 is 10.0 Å². The topological polar surface area (TPSA) is 66.5 Å². The van der Waals surface area contributed by atoms with Gasteiger partial charge in [-0.15, -0.1) is 0 Å². The summed E-state index contributed by atoms with van der Waals surface area (Å²) in [6, 6.07) is 12.9. The van der Waals surface area contributed by atoms with E-state index in [1.807, 2.05) is 44.2 Å². The quantitative estimate of drug-likeness (QED) is 0.766. The van der Waals surface area contributed by atoms with Gasteiger partial charge in [0.15, 0.2) is 0 Å². The highest BCUT2D eigenvalue weighted by molar-refractivity contribution is 7.89. The van der Waals surface area contributed by atoms with Crippen molar-refractivity contribution in [3.8, 4) is 0 Å². The standard InChI is InChI=1S/C22H28N2O3S/c1-3-14-24(16-22(25)23-21-11-7-4-8-17(21)2)28(26,27)20-13-12-18-9-5-6-10-19(18)15-20/h4,7-8,11-13,15H,3,5-6,9-10,14,16H2,1-2H3,(H,23,25). The number of carbonyl (C=O) groups is 1. The smallest absolute Gasteiger partial charge is 0.243 e. The van der Waals surface area contributed by atoms with E-state index in [4.69, 9.17) is 0 Å². The molecule has 0 unspecified atom stereocenters. The van der Waals surface area contributed by atoms with Crippen LogP contribution in [0.1, 0.15) is 42.9 Å². The van der Waals surface area contributed by atoms with Crippen LogP contribution < -0.4 is 5.32 Å². The number of sulfonamides is 1. The summed E-state index contributed by atoms with van der Waals surface area (Å²) in [5, 5.41) is 2.83. The van der Waals surface area contributed by atoms with Crippen molar-refractivity contribution in [2.45, 2.75) is 50.8 Å². The molecule has 28 heavy (non-hydrogen) atoms. The van der Waals surface area contributed by atoms with E-state index in [1.54, 1.807) is 12.1 Å². The zero-order valence-electron chi connectivity index (χ0n) is 16.6. The molecule has 0 saturated carbocycles. The number of anilines is 1. The van der Waals surface area contributed by atoms with Crippen molar-refractivity contribution in [1.82, 2.24) is 4.31 Å². The van der Waals surface area contributed by atoms with Gasteiger partial charge in [-0.2, -0.15) is 4.31 Å². The molecule has 2 aromatic rings. The number of para-hydroxylation sites is 1. The average Bonchev–Trinajstić information content (AvgIpc) is 2.69. The molecule has 0 bridgehead atoms. The molecule has 1 aliphatic carbocycles. The van der Waals surface area contributed by atoms with Gasteiger partial charge in [-0.05, 0) is 73.9 Å². The molecule has 2 aromatic carbocycles. The van der Waals surface area contributed by atoms with E-state index in [0.717, 1.165) is 36.8 Å². The molecular formula is C22H28N2O3S. The third-order valence-corrected chi connectivity index (χ3v) is 7.01. The second kappa shape index (κ2) is 8.88. The lowest BCUT2D eigenvalue weighted by Gasteiger charge is -2.23. The Hall–Kier alpha value is -2.18. The number of hydrogen-bond donors (Lipinski definition) is 1. The summed E-state index contributed by atoms with van der Waals surface area (Å²) in [7, 11) is -3.72. The van der Waals surface area contributed by atoms with E-state index in [9.17, 15) is 13.2 Å². The predicted octanol–water partition coefficient (Wildman–Crippen LogP) is 3.91. The Kier molecular flexibility index (Phi) is 6.52. The van der Waals surface area contributed by atoms with Crippen molar-refractivity contribution in [3.05, 3.63) is 59.2 Å². The molecule has 0 heterocycles. The molecule has 5 nitrogen and oxygen atoms in total. The molecule has 150 valence electrons. The Morgan fingerprint density at radius 1 is 1.07 bits per heavy atom. The summed E-state index contributed by atoms with van der Waals surface area (Å²) in [5.74, 6) is -0.329. The van der Waals surface area contributed by atoms with Gasteiger partial charge < -0.3 is 5.32 Å². The molecule has 1 amide bonds. The average molecular weight is 401 g/mol. The molecule has 3 rings (SSSR count). The minimum Gasteiger partial charge on any atom is -0.325 e. The summed E-state index contributed by atoms with van der Waals surface area (Å²) in [6.45, 7) is 3.93. The lowest BCUT2D eigenvalue weighted by atomic mass is 9.92.